The molecule has 0 saturated heterocycles. The second-order valence-electron chi connectivity index (χ2n) is 6.66. The molecule has 1 aliphatic heterocycles. The Morgan fingerprint density at radius 3 is 2.41 bits per heavy atom. The molecule has 0 aromatic heterocycles. The van der Waals surface area contributed by atoms with Crippen LogP contribution in [0.1, 0.15) is 64.7 Å². The van der Waals surface area contributed by atoms with Crippen LogP contribution < -0.4 is 10.0 Å². The smallest absolute Gasteiger partial charge is 0.261 e. The lowest BCUT2D eigenvalue weighted by Gasteiger charge is -2.17. The molecule has 2 N–H and O–H groups in total. The van der Waals surface area contributed by atoms with Crippen LogP contribution in [0.4, 0.5) is 0 Å². The van der Waals surface area contributed by atoms with E-state index in [0.29, 0.717) is 6.42 Å². The summed E-state index contributed by atoms with van der Waals surface area (Å²) >= 11 is 0. The number of benzene rings is 1. The molecule has 0 aliphatic carbocycles. The van der Waals surface area contributed by atoms with Gasteiger partial charge in [0.15, 0.2) is 0 Å². The Hall–Kier alpha value is -2.26. The Balaban J connectivity index is 1.96. The highest BCUT2D eigenvalue weighted by atomic mass is 32.2. The number of sulfonamides is 1. The largest absolute Gasteiger partial charge is 0.351 e. The molecule has 0 unspecified atom stereocenters. The van der Waals surface area contributed by atoms with E-state index in [0.717, 1.165) is 11.3 Å². The molecule has 8 nitrogen and oxygen atoms in total. The summed E-state index contributed by atoms with van der Waals surface area (Å²) in [7, 11) is -3.33. The zero-order valence-electron chi connectivity index (χ0n) is 15.7. The van der Waals surface area contributed by atoms with Crippen LogP contribution in [0.3, 0.4) is 0 Å². The van der Waals surface area contributed by atoms with Crippen molar-refractivity contribution in [1.29, 1.82) is 0 Å². The molecule has 0 atom stereocenters. The van der Waals surface area contributed by atoms with Crippen LogP contribution in [-0.2, 0) is 10.0 Å². The maximum Gasteiger partial charge on any atom is 0.261 e. The number of carbonyl (C=O) groups excluding carboxylic acids is 3. The predicted molar refractivity (Wildman–Crippen MR) is 101 cm³/mol. The Morgan fingerprint density at radius 2 is 1.78 bits per heavy atom. The van der Waals surface area contributed by atoms with Gasteiger partial charge >= 0.3 is 0 Å². The summed E-state index contributed by atoms with van der Waals surface area (Å²) in [6.45, 7) is 5.60. The Kier molecular flexibility index (Phi) is 6.72. The zero-order valence-corrected chi connectivity index (χ0v) is 16.6. The van der Waals surface area contributed by atoms with Gasteiger partial charge in [-0.3, -0.25) is 19.3 Å². The standard InChI is InChI=1S/C18H25N3O5S/c1-4-5-10-27(25,26)20-9-8-19-16(22)13-6-7-14-15(11-13)18(24)21(12(2)3)17(14)23/h6-7,11-12,20H,4-5,8-10H2,1-3H3,(H,19,22). The highest BCUT2D eigenvalue weighted by Gasteiger charge is 2.37. The Labute approximate surface area is 159 Å². The molecule has 0 bridgehead atoms. The number of carbonyl (C=O) groups is 3. The number of imide groups is 1. The van der Waals surface area contributed by atoms with E-state index in [4.69, 9.17) is 0 Å². The molecule has 0 spiro atoms. The van der Waals surface area contributed by atoms with Crippen LogP contribution in [-0.4, -0.2) is 55.9 Å². The van der Waals surface area contributed by atoms with Gasteiger partial charge in [0.2, 0.25) is 10.0 Å². The molecule has 3 amide bonds. The van der Waals surface area contributed by atoms with Crippen molar-refractivity contribution in [3.05, 3.63) is 34.9 Å². The number of hydrogen-bond donors (Lipinski definition) is 2. The van der Waals surface area contributed by atoms with Crippen LogP contribution in [0.5, 0.6) is 0 Å². The van der Waals surface area contributed by atoms with E-state index >= 15 is 0 Å². The lowest BCUT2D eigenvalue weighted by Crippen LogP contribution is -2.36. The maximum atomic E-state index is 12.4. The first-order valence-electron chi connectivity index (χ1n) is 8.95. The minimum Gasteiger partial charge on any atom is -0.351 e. The third-order valence-corrected chi connectivity index (χ3v) is 5.67. The van der Waals surface area contributed by atoms with Gasteiger partial charge in [-0.2, -0.15) is 0 Å². The SMILES string of the molecule is CCCCS(=O)(=O)NCCNC(=O)c1ccc2c(c1)C(=O)N(C(C)C)C2=O. The van der Waals surface area contributed by atoms with Gasteiger partial charge in [0.1, 0.15) is 0 Å². The van der Waals surface area contributed by atoms with Crippen molar-refractivity contribution in [2.45, 2.75) is 39.7 Å². The summed E-state index contributed by atoms with van der Waals surface area (Å²) in [6.07, 6.45) is 1.36. The van der Waals surface area contributed by atoms with Gasteiger partial charge in [-0.15, -0.1) is 0 Å². The zero-order chi connectivity index (χ0) is 20.2. The van der Waals surface area contributed by atoms with Gasteiger partial charge in [0, 0.05) is 24.7 Å². The minimum absolute atomic E-state index is 0.0603. The van der Waals surface area contributed by atoms with Gasteiger partial charge in [-0.25, -0.2) is 13.1 Å². The fraction of sp³-hybridized carbons (Fsp3) is 0.500. The van der Waals surface area contributed by atoms with E-state index in [-0.39, 0.29) is 47.5 Å². The summed E-state index contributed by atoms with van der Waals surface area (Å²) in [5.74, 6) is -1.15. The van der Waals surface area contributed by atoms with E-state index in [1.54, 1.807) is 13.8 Å². The molecule has 148 valence electrons. The van der Waals surface area contributed by atoms with Crippen molar-refractivity contribution in [2.24, 2.45) is 0 Å². The number of nitrogens with zero attached hydrogens (tertiary/aromatic N) is 1. The average molecular weight is 395 g/mol. The summed E-state index contributed by atoms with van der Waals surface area (Å²) < 4.78 is 25.8. The summed E-state index contributed by atoms with van der Waals surface area (Å²) in [6, 6.07) is 4.09. The third-order valence-electron chi connectivity index (χ3n) is 4.20. The molecule has 0 saturated carbocycles. The van der Waals surface area contributed by atoms with Crippen LogP contribution >= 0.6 is 0 Å². The molecule has 1 aromatic rings. The first-order valence-corrected chi connectivity index (χ1v) is 10.6. The molecule has 0 radical (unpaired) electrons. The predicted octanol–water partition coefficient (Wildman–Crippen LogP) is 1.14. The van der Waals surface area contributed by atoms with Gasteiger partial charge in [-0.05, 0) is 38.5 Å². The highest BCUT2D eigenvalue weighted by molar-refractivity contribution is 7.89. The van der Waals surface area contributed by atoms with Crippen LogP contribution in [0.2, 0.25) is 0 Å². The number of hydrogen-bond acceptors (Lipinski definition) is 5. The molecule has 1 aliphatic rings. The fourth-order valence-electron chi connectivity index (χ4n) is 2.76. The second kappa shape index (κ2) is 8.62. The van der Waals surface area contributed by atoms with Crippen molar-refractivity contribution in [3.63, 3.8) is 0 Å². The first-order chi connectivity index (χ1) is 12.7. The number of amides is 3. The average Bonchev–Trinajstić information content (AvgIpc) is 2.87. The van der Waals surface area contributed by atoms with Gasteiger partial charge in [0.25, 0.3) is 17.7 Å². The minimum atomic E-state index is -3.33. The Bertz CT molecular complexity index is 849. The van der Waals surface area contributed by atoms with Crippen LogP contribution in [0.15, 0.2) is 18.2 Å². The molecule has 1 aromatic carbocycles. The van der Waals surface area contributed by atoms with Crippen molar-refractivity contribution >= 4 is 27.7 Å². The normalized spacial score (nSPS) is 14.0. The van der Waals surface area contributed by atoms with E-state index in [1.807, 2.05) is 6.92 Å². The van der Waals surface area contributed by atoms with Gasteiger partial charge in [-0.1, -0.05) is 13.3 Å². The number of nitrogens with one attached hydrogen (secondary N) is 2. The van der Waals surface area contributed by atoms with Crippen molar-refractivity contribution in [1.82, 2.24) is 14.9 Å². The van der Waals surface area contributed by atoms with Gasteiger partial charge in [0.05, 0.1) is 16.9 Å². The first kappa shape index (κ1) is 21.0. The molecular formula is C18H25N3O5S. The molecule has 9 heteroatoms. The molecule has 2 rings (SSSR count). The lowest BCUT2D eigenvalue weighted by molar-refractivity contribution is 0.0609. The topological polar surface area (TPSA) is 113 Å². The maximum absolute atomic E-state index is 12.4. The molecular weight excluding hydrogens is 370 g/mol. The van der Waals surface area contributed by atoms with Crippen molar-refractivity contribution in [3.8, 4) is 0 Å². The second-order valence-corrected chi connectivity index (χ2v) is 8.58. The van der Waals surface area contributed by atoms with E-state index in [1.165, 1.54) is 18.2 Å². The molecule has 0 fully saturated rings. The number of rotatable bonds is 9. The summed E-state index contributed by atoms with van der Waals surface area (Å²) in [5.41, 5.74) is 0.741. The van der Waals surface area contributed by atoms with E-state index in [2.05, 4.69) is 10.0 Å². The third kappa shape index (κ3) is 4.92. The molecule has 1 heterocycles. The quantitative estimate of drug-likeness (QED) is 0.481. The van der Waals surface area contributed by atoms with E-state index < -0.39 is 21.8 Å². The van der Waals surface area contributed by atoms with Crippen molar-refractivity contribution in [2.75, 3.05) is 18.8 Å². The van der Waals surface area contributed by atoms with Crippen LogP contribution in [0.25, 0.3) is 0 Å². The number of unbranched alkanes of at least 4 members (excludes halogenated alkanes) is 1. The number of fused-ring (bicyclic) bond motifs is 1. The van der Waals surface area contributed by atoms with E-state index in [9.17, 15) is 22.8 Å². The Morgan fingerprint density at radius 1 is 1.11 bits per heavy atom. The summed E-state index contributed by atoms with van der Waals surface area (Å²) in [5, 5.41) is 2.60. The lowest BCUT2D eigenvalue weighted by atomic mass is 10.1. The monoisotopic (exact) mass is 395 g/mol. The summed E-state index contributed by atoms with van der Waals surface area (Å²) in [4.78, 5) is 38.0. The van der Waals surface area contributed by atoms with Gasteiger partial charge < -0.3 is 5.32 Å². The molecule has 27 heavy (non-hydrogen) atoms. The highest BCUT2D eigenvalue weighted by Crippen LogP contribution is 2.25. The fourth-order valence-corrected chi connectivity index (χ4v) is 3.99. The van der Waals surface area contributed by atoms with Crippen molar-refractivity contribution < 1.29 is 22.8 Å². The van der Waals surface area contributed by atoms with Crippen LogP contribution in [0, 0.1) is 0 Å².